The Morgan fingerprint density at radius 3 is 2.76 bits per heavy atom. The number of hydrogen-bond donors (Lipinski definition) is 3. The summed E-state index contributed by atoms with van der Waals surface area (Å²) in [5, 5.41) is 3.17. The number of anilines is 3. The van der Waals surface area contributed by atoms with E-state index in [-0.39, 0.29) is 0 Å². The average molecular weight is 294 g/mol. The molecule has 0 bridgehead atoms. The van der Waals surface area contributed by atoms with Gasteiger partial charge in [-0.05, 0) is 34.5 Å². The Kier molecular flexibility index (Phi) is 3.55. The van der Waals surface area contributed by atoms with Crippen molar-refractivity contribution in [2.24, 2.45) is 5.84 Å². The lowest BCUT2D eigenvalue weighted by molar-refractivity contribution is 1.16. The Morgan fingerprint density at radius 1 is 1.24 bits per heavy atom. The molecule has 2 aromatic rings. The summed E-state index contributed by atoms with van der Waals surface area (Å²) in [6.45, 7) is 2.03. The highest BCUT2D eigenvalue weighted by molar-refractivity contribution is 9.10. The number of aromatic nitrogens is 2. The predicted molar refractivity (Wildman–Crippen MR) is 72.0 cm³/mol. The summed E-state index contributed by atoms with van der Waals surface area (Å²) in [7, 11) is 0. The maximum atomic E-state index is 5.28. The molecule has 1 aromatic heterocycles. The Balaban J connectivity index is 2.28. The molecule has 6 heteroatoms. The van der Waals surface area contributed by atoms with Gasteiger partial charge in [0.2, 0.25) is 0 Å². The fourth-order valence-electron chi connectivity index (χ4n) is 1.38. The zero-order valence-corrected chi connectivity index (χ0v) is 10.8. The fourth-order valence-corrected chi connectivity index (χ4v) is 1.74. The molecule has 0 aliphatic heterocycles. The van der Waals surface area contributed by atoms with Gasteiger partial charge in [-0.2, -0.15) is 0 Å². The molecule has 2 rings (SSSR count). The van der Waals surface area contributed by atoms with E-state index in [0.717, 1.165) is 15.7 Å². The van der Waals surface area contributed by atoms with E-state index in [4.69, 9.17) is 5.84 Å². The van der Waals surface area contributed by atoms with E-state index in [1.165, 1.54) is 0 Å². The van der Waals surface area contributed by atoms with Crippen LogP contribution in [0, 0.1) is 6.92 Å². The van der Waals surface area contributed by atoms with Gasteiger partial charge >= 0.3 is 0 Å². The molecule has 17 heavy (non-hydrogen) atoms. The van der Waals surface area contributed by atoms with Gasteiger partial charge in [0.25, 0.3) is 0 Å². The van der Waals surface area contributed by atoms with Gasteiger partial charge in [0.1, 0.15) is 0 Å². The van der Waals surface area contributed by atoms with Gasteiger partial charge in [-0.15, -0.1) is 0 Å². The highest BCUT2D eigenvalue weighted by atomic mass is 79.9. The normalized spacial score (nSPS) is 10.1. The molecule has 0 unspecified atom stereocenters. The zero-order chi connectivity index (χ0) is 12.3. The third-order valence-corrected chi connectivity index (χ3v) is 3.29. The van der Waals surface area contributed by atoms with E-state index in [9.17, 15) is 0 Å². The molecular weight excluding hydrogens is 282 g/mol. The highest BCUT2D eigenvalue weighted by Crippen LogP contribution is 2.27. The number of aryl methyl sites for hydroxylation is 1. The van der Waals surface area contributed by atoms with Crippen molar-refractivity contribution < 1.29 is 0 Å². The predicted octanol–water partition coefficient (Wildman–Crippen LogP) is 2.58. The standard InChI is InChI=1S/C11H12BrN5/c1-7-3-2-4-8(11(7)12)15-9-5-14-6-10(16-9)17-13/h2-6H,13H2,1H3,(H2,15,16,17). The van der Waals surface area contributed by atoms with E-state index in [2.05, 4.69) is 36.6 Å². The minimum absolute atomic E-state index is 0.513. The van der Waals surface area contributed by atoms with E-state index in [1.807, 2.05) is 25.1 Å². The quantitative estimate of drug-likeness (QED) is 0.599. The summed E-state index contributed by atoms with van der Waals surface area (Å²) >= 11 is 3.52. The third kappa shape index (κ3) is 2.72. The number of rotatable bonds is 3. The van der Waals surface area contributed by atoms with Crippen LogP contribution in [0.15, 0.2) is 35.1 Å². The van der Waals surface area contributed by atoms with Crippen LogP contribution in [0.5, 0.6) is 0 Å². The largest absolute Gasteiger partial charge is 0.338 e. The Morgan fingerprint density at radius 2 is 2.00 bits per heavy atom. The molecule has 88 valence electrons. The van der Waals surface area contributed by atoms with E-state index < -0.39 is 0 Å². The lowest BCUT2D eigenvalue weighted by Crippen LogP contribution is -2.09. The summed E-state index contributed by atoms with van der Waals surface area (Å²) in [5.74, 6) is 6.42. The maximum absolute atomic E-state index is 5.28. The number of nitrogens with one attached hydrogen (secondary N) is 2. The molecule has 0 saturated carbocycles. The molecule has 0 atom stereocenters. The lowest BCUT2D eigenvalue weighted by Gasteiger charge is -2.09. The number of hydrazine groups is 1. The van der Waals surface area contributed by atoms with Crippen LogP contribution in [0.1, 0.15) is 5.56 Å². The number of benzene rings is 1. The lowest BCUT2D eigenvalue weighted by atomic mass is 10.2. The first-order valence-electron chi connectivity index (χ1n) is 5.01. The van der Waals surface area contributed by atoms with Crippen LogP contribution in [0.4, 0.5) is 17.3 Å². The van der Waals surface area contributed by atoms with Crippen molar-refractivity contribution in [1.82, 2.24) is 9.97 Å². The Hall–Kier alpha value is -1.66. The number of nitrogens with zero attached hydrogens (tertiary/aromatic N) is 2. The molecule has 0 aliphatic carbocycles. The summed E-state index contributed by atoms with van der Waals surface area (Å²) in [6.07, 6.45) is 3.19. The van der Waals surface area contributed by atoms with Crippen molar-refractivity contribution in [3.63, 3.8) is 0 Å². The topological polar surface area (TPSA) is 75.9 Å². The van der Waals surface area contributed by atoms with Crippen molar-refractivity contribution >= 4 is 33.3 Å². The molecule has 5 nitrogen and oxygen atoms in total. The Bertz CT molecular complexity index is 529. The van der Waals surface area contributed by atoms with E-state index >= 15 is 0 Å². The smallest absolute Gasteiger partial charge is 0.160 e. The van der Waals surface area contributed by atoms with Crippen LogP contribution in [0.25, 0.3) is 0 Å². The molecule has 0 saturated heterocycles. The number of hydrogen-bond acceptors (Lipinski definition) is 5. The molecule has 1 heterocycles. The van der Waals surface area contributed by atoms with Crippen LogP contribution < -0.4 is 16.6 Å². The maximum Gasteiger partial charge on any atom is 0.160 e. The van der Waals surface area contributed by atoms with Gasteiger partial charge in [0, 0.05) is 4.47 Å². The molecule has 0 radical (unpaired) electrons. The van der Waals surface area contributed by atoms with Gasteiger partial charge < -0.3 is 10.7 Å². The summed E-state index contributed by atoms with van der Waals surface area (Å²) in [4.78, 5) is 8.25. The van der Waals surface area contributed by atoms with Gasteiger partial charge in [-0.1, -0.05) is 12.1 Å². The van der Waals surface area contributed by atoms with Crippen LogP contribution in [-0.2, 0) is 0 Å². The minimum atomic E-state index is 0.513. The van der Waals surface area contributed by atoms with Crippen LogP contribution in [-0.4, -0.2) is 9.97 Å². The molecule has 0 spiro atoms. The monoisotopic (exact) mass is 293 g/mol. The SMILES string of the molecule is Cc1cccc(Nc2cncc(NN)n2)c1Br. The fraction of sp³-hybridized carbons (Fsp3) is 0.0909. The van der Waals surface area contributed by atoms with Gasteiger partial charge in [-0.3, -0.25) is 4.98 Å². The summed E-state index contributed by atoms with van der Waals surface area (Å²) in [5.41, 5.74) is 4.54. The minimum Gasteiger partial charge on any atom is -0.338 e. The van der Waals surface area contributed by atoms with Gasteiger partial charge in [0.15, 0.2) is 11.6 Å². The first-order chi connectivity index (χ1) is 8.20. The summed E-state index contributed by atoms with van der Waals surface area (Å²) in [6, 6.07) is 5.96. The second kappa shape index (κ2) is 5.11. The molecular formula is C11H12BrN5. The highest BCUT2D eigenvalue weighted by Gasteiger charge is 2.04. The molecule has 0 amide bonds. The van der Waals surface area contributed by atoms with Crippen molar-refractivity contribution in [3.8, 4) is 0 Å². The van der Waals surface area contributed by atoms with E-state index in [1.54, 1.807) is 12.4 Å². The zero-order valence-electron chi connectivity index (χ0n) is 9.24. The molecule has 0 aliphatic rings. The average Bonchev–Trinajstić information content (AvgIpc) is 2.35. The number of halogens is 1. The van der Waals surface area contributed by atoms with Gasteiger partial charge in [-0.25, -0.2) is 10.8 Å². The summed E-state index contributed by atoms with van der Waals surface area (Å²) < 4.78 is 1.01. The van der Waals surface area contributed by atoms with Gasteiger partial charge in [0.05, 0.1) is 18.1 Å². The molecule has 1 aromatic carbocycles. The van der Waals surface area contributed by atoms with Crippen LogP contribution in [0.2, 0.25) is 0 Å². The second-order valence-corrected chi connectivity index (χ2v) is 4.29. The number of nitrogen functional groups attached to an aromatic ring is 1. The van der Waals surface area contributed by atoms with Crippen molar-refractivity contribution in [2.45, 2.75) is 6.92 Å². The molecule has 4 N–H and O–H groups in total. The van der Waals surface area contributed by atoms with Crippen molar-refractivity contribution in [2.75, 3.05) is 10.7 Å². The Labute approximate surface area is 108 Å². The van der Waals surface area contributed by atoms with Crippen LogP contribution >= 0.6 is 15.9 Å². The number of nitrogens with two attached hydrogens (primary N) is 1. The van der Waals surface area contributed by atoms with E-state index in [0.29, 0.717) is 11.6 Å². The van der Waals surface area contributed by atoms with Crippen LogP contribution in [0.3, 0.4) is 0 Å². The first kappa shape index (κ1) is 11.8. The molecule has 0 fully saturated rings. The first-order valence-corrected chi connectivity index (χ1v) is 5.81. The third-order valence-electron chi connectivity index (χ3n) is 2.24. The van der Waals surface area contributed by atoms with Crippen molar-refractivity contribution in [1.29, 1.82) is 0 Å². The van der Waals surface area contributed by atoms with Crippen molar-refractivity contribution in [3.05, 3.63) is 40.6 Å². The second-order valence-electron chi connectivity index (χ2n) is 3.50.